The predicted octanol–water partition coefficient (Wildman–Crippen LogP) is 0.749. The van der Waals surface area contributed by atoms with Gasteiger partial charge in [-0.05, 0) is 19.4 Å². The van der Waals surface area contributed by atoms with Crippen molar-refractivity contribution in [1.29, 1.82) is 0 Å². The summed E-state index contributed by atoms with van der Waals surface area (Å²) >= 11 is 0. The van der Waals surface area contributed by atoms with Crippen molar-refractivity contribution in [2.45, 2.75) is 25.8 Å². The minimum atomic E-state index is -0.945. The van der Waals surface area contributed by atoms with E-state index in [1.807, 2.05) is 0 Å². The van der Waals surface area contributed by atoms with Crippen LogP contribution in [0, 0.1) is 0 Å². The van der Waals surface area contributed by atoms with Crippen LogP contribution in [0.2, 0.25) is 0 Å². The summed E-state index contributed by atoms with van der Waals surface area (Å²) in [6, 6.07) is 2.65. The Morgan fingerprint density at radius 2 is 2.18 bits per heavy atom. The summed E-state index contributed by atoms with van der Waals surface area (Å²) in [7, 11) is 1.49. The normalized spacial score (nSPS) is 20.8. The largest absolute Gasteiger partial charge is 0.481 e. The Morgan fingerprint density at radius 3 is 2.68 bits per heavy atom. The van der Waals surface area contributed by atoms with E-state index in [0.29, 0.717) is 18.0 Å². The van der Waals surface area contributed by atoms with E-state index in [1.54, 1.807) is 26.0 Å². The van der Waals surface area contributed by atoms with Crippen molar-refractivity contribution in [3.63, 3.8) is 0 Å². The number of imide groups is 1. The number of anilines is 1. The van der Waals surface area contributed by atoms with Gasteiger partial charge in [0.25, 0.3) is 5.91 Å². The molecule has 0 unspecified atom stereocenters. The number of hydrogen-bond donors (Lipinski definition) is 2. The molecule has 2 heterocycles. The zero-order chi connectivity index (χ0) is 16.3. The first-order valence-corrected chi connectivity index (χ1v) is 6.83. The molecule has 4 amide bonds. The maximum atomic E-state index is 12.2. The highest BCUT2D eigenvalue weighted by Gasteiger charge is 2.46. The highest BCUT2D eigenvalue weighted by Crippen LogP contribution is 2.20. The van der Waals surface area contributed by atoms with Gasteiger partial charge in [0.05, 0.1) is 19.0 Å². The zero-order valence-electron chi connectivity index (χ0n) is 12.7. The van der Waals surface area contributed by atoms with Gasteiger partial charge in [-0.1, -0.05) is 6.92 Å². The van der Waals surface area contributed by atoms with Crippen molar-refractivity contribution in [3.8, 4) is 5.88 Å². The minimum absolute atomic E-state index is 0.341. The molecule has 1 aliphatic rings. The van der Waals surface area contributed by atoms with Crippen LogP contribution in [-0.4, -0.2) is 46.9 Å². The fraction of sp³-hybridized carbons (Fsp3) is 0.429. The number of amides is 4. The Labute approximate surface area is 127 Å². The molecule has 1 aromatic rings. The highest BCUT2D eigenvalue weighted by molar-refractivity contribution is 6.09. The fourth-order valence-corrected chi connectivity index (χ4v) is 2.05. The van der Waals surface area contributed by atoms with Crippen molar-refractivity contribution in [2.24, 2.45) is 0 Å². The quantitative estimate of drug-likeness (QED) is 0.782. The summed E-state index contributed by atoms with van der Waals surface area (Å²) in [6.45, 7) is 3.09. The molecule has 0 radical (unpaired) electrons. The zero-order valence-corrected chi connectivity index (χ0v) is 12.7. The molecule has 0 saturated carbocycles. The third-order valence-electron chi connectivity index (χ3n) is 3.58. The van der Waals surface area contributed by atoms with Crippen LogP contribution in [0.15, 0.2) is 18.3 Å². The lowest BCUT2D eigenvalue weighted by molar-refractivity contribution is -0.133. The Hall–Kier alpha value is -2.64. The molecule has 2 rings (SSSR count). The molecule has 1 aromatic heterocycles. The van der Waals surface area contributed by atoms with E-state index in [0.717, 1.165) is 4.90 Å². The topological polar surface area (TPSA) is 101 Å². The second kappa shape index (κ2) is 6.00. The number of urea groups is 1. The average molecular weight is 306 g/mol. The summed E-state index contributed by atoms with van der Waals surface area (Å²) in [5.74, 6) is -0.454. The Balaban J connectivity index is 1.99. The van der Waals surface area contributed by atoms with E-state index in [9.17, 15) is 14.4 Å². The number of carbonyl (C=O) groups is 3. The molecule has 0 bridgehead atoms. The fourth-order valence-electron chi connectivity index (χ4n) is 2.05. The number of hydrogen-bond acceptors (Lipinski definition) is 5. The summed E-state index contributed by atoms with van der Waals surface area (Å²) in [5, 5.41) is 5.17. The number of aromatic nitrogens is 1. The lowest BCUT2D eigenvalue weighted by atomic mass is 9.99. The number of nitrogens with zero attached hydrogens (tertiary/aromatic N) is 2. The maximum absolute atomic E-state index is 12.2. The van der Waals surface area contributed by atoms with E-state index in [4.69, 9.17) is 4.74 Å². The second-order valence-electron chi connectivity index (χ2n) is 5.14. The lowest BCUT2D eigenvalue weighted by Gasteiger charge is -2.19. The number of methoxy groups -OCH3 is 1. The van der Waals surface area contributed by atoms with Crippen molar-refractivity contribution >= 4 is 23.5 Å². The molecule has 0 aromatic carbocycles. The van der Waals surface area contributed by atoms with Crippen LogP contribution in [0.25, 0.3) is 0 Å². The first kappa shape index (κ1) is 15.7. The Bertz CT molecular complexity index is 601. The molecule has 118 valence electrons. The van der Waals surface area contributed by atoms with E-state index in [2.05, 4.69) is 15.6 Å². The van der Waals surface area contributed by atoms with Crippen molar-refractivity contribution < 1.29 is 19.1 Å². The van der Waals surface area contributed by atoms with E-state index in [1.165, 1.54) is 13.3 Å². The number of nitrogens with one attached hydrogen (secondary N) is 2. The van der Waals surface area contributed by atoms with Gasteiger partial charge in [-0.25, -0.2) is 9.78 Å². The lowest BCUT2D eigenvalue weighted by Crippen LogP contribution is -2.44. The van der Waals surface area contributed by atoms with Crippen molar-refractivity contribution in [3.05, 3.63) is 18.3 Å². The van der Waals surface area contributed by atoms with Crippen LogP contribution < -0.4 is 15.4 Å². The number of pyridine rings is 1. The minimum Gasteiger partial charge on any atom is -0.481 e. The second-order valence-corrected chi connectivity index (χ2v) is 5.14. The monoisotopic (exact) mass is 306 g/mol. The van der Waals surface area contributed by atoms with Crippen LogP contribution in [0.3, 0.4) is 0 Å². The van der Waals surface area contributed by atoms with Gasteiger partial charge in [-0.15, -0.1) is 0 Å². The molecule has 2 N–H and O–H groups in total. The molecule has 0 aliphatic carbocycles. The van der Waals surface area contributed by atoms with Crippen LogP contribution in [-0.2, 0) is 9.59 Å². The SMILES string of the molecule is CC[C@]1(C)NC(=O)N(CC(=O)Nc2ccc(OC)nc2)C1=O. The molecule has 8 nitrogen and oxygen atoms in total. The number of ether oxygens (including phenoxy) is 1. The molecular weight excluding hydrogens is 288 g/mol. The average Bonchev–Trinajstić information content (AvgIpc) is 2.72. The van der Waals surface area contributed by atoms with E-state index in [-0.39, 0.29) is 6.54 Å². The maximum Gasteiger partial charge on any atom is 0.325 e. The van der Waals surface area contributed by atoms with Gasteiger partial charge in [-0.2, -0.15) is 0 Å². The van der Waals surface area contributed by atoms with Crippen LogP contribution >= 0.6 is 0 Å². The highest BCUT2D eigenvalue weighted by atomic mass is 16.5. The number of carbonyl (C=O) groups excluding carboxylic acids is 3. The predicted molar refractivity (Wildman–Crippen MR) is 78.4 cm³/mol. The first-order chi connectivity index (χ1) is 10.4. The summed E-state index contributed by atoms with van der Waals surface area (Å²) in [5.41, 5.74) is -0.491. The molecule has 8 heteroatoms. The third-order valence-corrected chi connectivity index (χ3v) is 3.58. The van der Waals surface area contributed by atoms with Gasteiger partial charge in [0.1, 0.15) is 12.1 Å². The molecule has 0 spiro atoms. The molecule has 1 atom stereocenters. The van der Waals surface area contributed by atoms with Crippen LogP contribution in [0.1, 0.15) is 20.3 Å². The summed E-state index contributed by atoms with van der Waals surface area (Å²) in [4.78, 5) is 40.8. The van der Waals surface area contributed by atoms with Gasteiger partial charge in [0, 0.05) is 6.07 Å². The van der Waals surface area contributed by atoms with Gasteiger partial charge in [0.15, 0.2) is 0 Å². The molecule has 1 saturated heterocycles. The van der Waals surface area contributed by atoms with Gasteiger partial charge in [0.2, 0.25) is 11.8 Å². The molecular formula is C14H18N4O4. The molecule has 1 aliphatic heterocycles. The van der Waals surface area contributed by atoms with Crippen molar-refractivity contribution in [1.82, 2.24) is 15.2 Å². The van der Waals surface area contributed by atoms with E-state index >= 15 is 0 Å². The van der Waals surface area contributed by atoms with Gasteiger partial charge in [-0.3, -0.25) is 14.5 Å². The summed E-state index contributed by atoms with van der Waals surface area (Å²) in [6.07, 6.45) is 1.89. The van der Waals surface area contributed by atoms with Crippen LogP contribution in [0.4, 0.5) is 10.5 Å². The van der Waals surface area contributed by atoms with Gasteiger partial charge < -0.3 is 15.4 Å². The summed E-state index contributed by atoms with van der Waals surface area (Å²) < 4.78 is 4.92. The Kier molecular flexibility index (Phi) is 4.30. The van der Waals surface area contributed by atoms with Gasteiger partial charge >= 0.3 is 6.03 Å². The first-order valence-electron chi connectivity index (χ1n) is 6.83. The molecule has 1 fully saturated rings. The van der Waals surface area contributed by atoms with E-state index < -0.39 is 23.4 Å². The Morgan fingerprint density at radius 1 is 1.45 bits per heavy atom. The van der Waals surface area contributed by atoms with Crippen molar-refractivity contribution in [2.75, 3.05) is 19.0 Å². The number of rotatable bonds is 5. The standard InChI is InChI=1S/C14H18N4O4/c1-4-14(2)12(20)18(13(21)17-14)8-10(19)16-9-5-6-11(22-3)15-7-9/h5-7H,4,8H2,1-3H3,(H,16,19)(H,17,21)/t14-/m0/s1. The smallest absolute Gasteiger partial charge is 0.325 e. The molecule has 22 heavy (non-hydrogen) atoms. The van der Waals surface area contributed by atoms with Crippen LogP contribution in [0.5, 0.6) is 5.88 Å². The third kappa shape index (κ3) is 3.00.